The van der Waals surface area contributed by atoms with Gasteiger partial charge in [0.1, 0.15) is 17.0 Å². The third-order valence-corrected chi connectivity index (χ3v) is 10.2. The van der Waals surface area contributed by atoms with Gasteiger partial charge in [0.2, 0.25) is 0 Å². The fourth-order valence-corrected chi connectivity index (χ4v) is 7.54. The molecule has 3 heterocycles. The van der Waals surface area contributed by atoms with Gasteiger partial charge in [0, 0.05) is 60.4 Å². The molecule has 1 unspecified atom stereocenters. The van der Waals surface area contributed by atoms with Crippen LogP contribution in [-0.2, 0) is 21.8 Å². The smallest absolute Gasteiger partial charge is 0.410 e. The maximum atomic E-state index is 16.3. The zero-order chi connectivity index (χ0) is 40.2. The van der Waals surface area contributed by atoms with E-state index in [1.54, 1.807) is 47.3 Å². The SMILES string of the molecule is CN(CCCCc1ncc(-c2ccc3c(c2)C(F)(F)c2cc(-c4ccc5c(=O)cc(C6CCCN6C(=O)OC(C)(C)C)[nH]c5c4)ccc2-3)[nH]1)C(=O)OC(C)(C)C. The van der Waals surface area contributed by atoms with E-state index in [0.29, 0.717) is 76.0 Å². The van der Waals surface area contributed by atoms with Gasteiger partial charge in [0.25, 0.3) is 5.92 Å². The van der Waals surface area contributed by atoms with Gasteiger partial charge in [-0.3, -0.25) is 9.69 Å². The number of halogens is 2. The van der Waals surface area contributed by atoms with Crippen molar-refractivity contribution in [2.45, 2.75) is 96.8 Å². The lowest BCUT2D eigenvalue weighted by Crippen LogP contribution is -2.36. The second kappa shape index (κ2) is 14.5. The predicted octanol–water partition coefficient (Wildman–Crippen LogP) is 9.97. The van der Waals surface area contributed by atoms with E-state index in [4.69, 9.17) is 9.47 Å². The number of rotatable bonds is 8. The number of carbonyl (C=O) groups is 2. The number of aromatic nitrogens is 3. The summed E-state index contributed by atoms with van der Waals surface area (Å²) in [5, 5.41) is 0.471. The number of nitrogens with zero attached hydrogens (tertiary/aromatic N) is 3. The molecule has 0 bridgehead atoms. The highest BCUT2D eigenvalue weighted by Gasteiger charge is 2.45. The third-order valence-electron chi connectivity index (χ3n) is 10.2. The highest BCUT2D eigenvalue weighted by atomic mass is 19.3. The zero-order valence-corrected chi connectivity index (χ0v) is 33.0. The van der Waals surface area contributed by atoms with Gasteiger partial charge >= 0.3 is 12.2 Å². The Hall–Kier alpha value is -5.52. The minimum Gasteiger partial charge on any atom is -0.444 e. The molecule has 1 saturated heterocycles. The molecule has 2 N–H and O–H groups in total. The minimum absolute atomic E-state index is 0.0675. The van der Waals surface area contributed by atoms with Crippen molar-refractivity contribution in [3.63, 3.8) is 0 Å². The molecule has 0 saturated carbocycles. The van der Waals surface area contributed by atoms with Gasteiger partial charge in [-0.1, -0.05) is 30.3 Å². The Morgan fingerprint density at radius 3 is 2.21 bits per heavy atom. The van der Waals surface area contributed by atoms with Crippen molar-refractivity contribution in [2.24, 2.45) is 0 Å². The summed E-state index contributed by atoms with van der Waals surface area (Å²) in [5.41, 5.74) is 3.13. The first kappa shape index (κ1) is 38.7. The van der Waals surface area contributed by atoms with Crippen molar-refractivity contribution in [3.05, 3.63) is 99.7 Å². The molecule has 1 aliphatic carbocycles. The molecule has 5 aromatic rings. The predicted molar refractivity (Wildman–Crippen MR) is 213 cm³/mol. The first-order valence-electron chi connectivity index (χ1n) is 19.2. The third kappa shape index (κ3) is 7.92. The summed E-state index contributed by atoms with van der Waals surface area (Å²) < 4.78 is 43.7. The molecule has 0 radical (unpaired) electrons. The normalized spacial score (nSPS) is 16.2. The summed E-state index contributed by atoms with van der Waals surface area (Å²) >= 11 is 0. The molecule has 2 aliphatic rings. The molecular formula is C44H49F2N5O5. The standard InChI is InChI=1S/C44H49F2N5O5/c1-42(2,3)55-40(53)50(7)19-9-8-12-39-47-25-36(49-39)28-15-17-30-29-16-13-26(21-32(29)44(45,46)33(30)22-28)27-14-18-31-34(23-27)48-35(24-38(31)52)37-11-10-20-51(37)41(54)56-43(4,5)6/h13-18,21-25,37H,8-12,19-20H2,1-7H3,(H,47,49)(H,48,52). The Balaban J connectivity index is 1.07. The van der Waals surface area contributed by atoms with E-state index in [1.165, 1.54) is 18.2 Å². The van der Waals surface area contributed by atoms with Crippen LogP contribution in [0.4, 0.5) is 18.4 Å². The van der Waals surface area contributed by atoms with Crippen LogP contribution in [0.1, 0.15) is 95.9 Å². The Labute approximate surface area is 325 Å². The summed E-state index contributed by atoms with van der Waals surface area (Å²) in [4.78, 5) is 52.9. The number of H-pyrrole nitrogens is 2. The molecule has 56 heavy (non-hydrogen) atoms. The highest BCUT2D eigenvalue weighted by Crippen LogP contribution is 2.52. The van der Waals surface area contributed by atoms with E-state index in [-0.39, 0.29) is 28.7 Å². The Kier molecular flexibility index (Phi) is 10.0. The molecule has 3 aromatic carbocycles. The topological polar surface area (TPSA) is 121 Å². The number of imidazole rings is 1. The highest BCUT2D eigenvalue weighted by molar-refractivity contribution is 5.88. The van der Waals surface area contributed by atoms with Gasteiger partial charge in [0.15, 0.2) is 5.43 Å². The summed E-state index contributed by atoms with van der Waals surface area (Å²) in [7, 11) is 1.71. The number of amides is 2. The van der Waals surface area contributed by atoms with E-state index in [0.717, 1.165) is 25.1 Å². The van der Waals surface area contributed by atoms with Gasteiger partial charge in [-0.25, -0.2) is 14.6 Å². The Morgan fingerprint density at radius 2 is 1.52 bits per heavy atom. The van der Waals surface area contributed by atoms with Crippen LogP contribution in [-0.4, -0.2) is 68.3 Å². The van der Waals surface area contributed by atoms with Crippen molar-refractivity contribution >= 4 is 23.1 Å². The van der Waals surface area contributed by atoms with Crippen LogP contribution < -0.4 is 5.43 Å². The number of ether oxygens (including phenoxy) is 2. The van der Waals surface area contributed by atoms with Crippen LogP contribution >= 0.6 is 0 Å². The fraction of sp³-hybridized carbons (Fsp3) is 0.409. The number of likely N-dealkylation sites (tertiary alicyclic amines) is 1. The van der Waals surface area contributed by atoms with Crippen LogP contribution in [0.5, 0.6) is 0 Å². The number of unbranched alkanes of at least 4 members (excludes halogenated alkanes) is 1. The number of alkyl halides is 2. The number of hydrogen-bond donors (Lipinski definition) is 2. The van der Waals surface area contributed by atoms with E-state index in [2.05, 4.69) is 15.0 Å². The zero-order valence-electron chi connectivity index (χ0n) is 33.0. The minimum atomic E-state index is -3.24. The molecule has 2 amide bonds. The summed E-state index contributed by atoms with van der Waals surface area (Å²) in [5.74, 6) is -2.50. The molecule has 1 atom stereocenters. The van der Waals surface area contributed by atoms with Crippen LogP contribution in [0.15, 0.2) is 71.7 Å². The lowest BCUT2D eigenvalue weighted by atomic mass is 9.97. The lowest BCUT2D eigenvalue weighted by molar-refractivity contribution is 0.0220. The van der Waals surface area contributed by atoms with Gasteiger partial charge in [-0.2, -0.15) is 8.78 Å². The number of benzene rings is 3. The Morgan fingerprint density at radius 1 is 0.875 bits per heavy atom. The average molecular weight is 766 g/mol. The number of nitrogens with one attached hydrogen (secondary N) is 2. The van der Waals surface area contributed by atoms with Crippen LogP contribution in [0.2, 0.25) is 0 Å². The molecule has 10 nitrogen and oxygen atoms in total. The maximum Gasteiger partial charge on any atom is 0.410 e. The van der Waals surface area contributed by atoms with Crippen molar-refractivity contribution in [2.75, 3.05) is 20.1 Å². The van der Waals surface area contributed by atoms with Gasteiger partial charge < -0.3 is 24.3 Å². The lowest BCUT2D eigenvalue weighted by Gasteiger charge is -2.28. The Bertz CT molecular complexity index is 2370. The molecular weight excluding hydrogens is 717 g/mol. The van der Waals surface area contributed by atoms with Crippen molar-refractivity contribution in [1.29, 1.82) is 0 Å². The first-order valence-corrected chi connectivity index (χ1v) is 19.2. The van der Waals surface area contributed by atoms with Gasteiger partial charge in [0.05, 0.1) is 23.4 Å². The molecule has 1 fully saturated rings. The molecule has 12 heteroatoms. The first-order chi connectivity index (χ1) is 26.4. The molecule has 294 valence electrons. The second-order valence-corrected chi connectivity index (χ2v) is 16.9. The van der Waals surface area contributed by atoms with Crippen LogP contribution in [0.25, 0.3) is 44.4 Å². The monoisotopic (exact) mass is 765 g/mol. The quantitative estimate of drug-likeness (QED) is 0.152. The number of carbonyl (C=O) groups excluding carboxylic acids is 2. The molecule has 7 rings (SSSR count). The van der Waals surface area contributed by atoms with Crippen molar-refractivity contribution < 1.29 is 27.8 Å². The van der Waals surface area contributed by atoms with Crippen LogP contribution in [0.3, 0.4) is 0 Å². The molecule has 1 aliphatic heterocycles. The van der Waals surface area contributed by atoms with E-state index in [1.807, 2.05) is 59.7 Å². The van der Waals surface area contributed by atoms with Crippen molar-refractivity contribution in [3.8, 4) is 33.5 Å². The summed E-state index contributed by atoms with van der Waals surface area (Å²) in [6.07, 6.45) is 4.51. The number of fused-ring (bicyclic) bond motifs is 4. The van der Waals surface area contributed by atoms with E-state index < -0.39 is 23.2 Å². The second-order valence-electron chi connectivity index (χ2n) is 16.9. The summed E-state index contributed by atoms with van der Waals surface area (Å²) in [6.45, 7) is 12.0. The molecule has 2 aromatic heterocycles. The van der Waals surface area contributed by atoms with E-state index in [9.17, 15) is 14.4 Å². The fourth-order valence-electron chi connectivity index (χ4n) is 7.54. The van der Waals surface area contributed by atoms with Crippen LogP contribution in [0, 0.1) is 0 Å². The van der Waals surface area contributed by atoms with Gasteiger partial charge in [-0.15, -0.1) is 0 Å². The summed E-state index contributed by atoms with van der Waals surface area (Å²) in [6, 6.07) is 16.7. The van der Waals surface area contributed by atoms with E-state index >= 15 is 8.78 Å². The van der Waals surface area contributed by atoms with Crippen molar-refractivity contribution in [1.82, 2.24) is 24.8 Å². The number of aryl methyl sites for hydroxylation is 1. The van der Waals surface area contributed by atoms with Gasteiger partial charge in [-0.05, 0) is 114 Å². The number of hydrogen-bond acceptors (Lipinski definition) is 6. The largest absolute Gasteiger partial charge is 0.444 e. The number of aromatic amines is 2. The maximum absolute atomic E-state index is 16.3. The number of pyridine rings is 1. The molecule has 0 spiro atoms. The average Bonchev–Trinajstić information content (AvgIpc) is 3.86.